The molecule has 2 aliphatic rings. The van der Waals surface area contributed by atoms with Crippen LogP contribution in [0.4, 0.5) is 18.9 Å². The molecule has 1 N–H and O–H groups in total. The number of rotatable bonds is 2. The second-order valence-corrected chi connectivity index (χ2v) is 5.63. The summed E-state index contributed by atoms with van der Waals surface area (Å²) in [5.74, 6) is -0.366. The summed E-state index contributed by atoms with van der Waals surface area (Å²) >= 11 is 0. The van der Waals surface area contributed by atoms with Crippen LogP contribution in [0.2, 0.25) is 0 Å². The molecule has 1 saturated carbocycles. The highest BCUT2D eigenvalue weighted by atomic mass is 19.4. The third-order valence-electron chi connectivity index (χ3n) is 4.23. The molecule has 1 aromatic carbocycles. The Morgan fingerprint density at radius 1 is 1.10 bits per heavy atom. The van der Waals surface area contributed by atoms with Gasteiger partial charge in [0.25, 0.3) is 0 Å². The number of hydrogen-bond acceptors (Lipinski definition) is 2. The molecule has 110 valence electrons. The maximum atomic E-state index is 12.6. The van der Waals surface area contributed by atoms with Gasteiger partial charge in [-0.1, -0.05) is 0 Å². The monoisotopic (exact) mass is 285 g/mol. The van der Waals surface area contributed by atoms with E-state index in [1.54, 1.807) is 0 Å². The zero-order chi connectivity index (χ0) is 14.2. The van der Waals surface area contributed by atoms with Crippen molar-refractivity contribution in [2.24, 2.45) is 5.92 Å². The van der Waals surface area contributed by atoms with E-state index in [0.29, 0.717) is 12.8 Å². The lowest BCUT2D eigenvalue weighted by atomic mass is 9.87. The quantitative estimate of drug-likeness (QED) is 0.881. The molecule has 0 spiro atoms. The second kappa shape index (κ2) is 5.19. The predicted molar refractivity (Wildman–Crippen MR) is 71.1 cm³/mol. The van der Waals surface area contributed by atoms with Gasteiger partial charge in [-0.05, 0) is 55.9 Å². The topological polar surface area (TPSA) is 21.3 Å². The van der Waals surface area contributed by atoms with E-state index in [4.69, 9.17) is 4.74 Å². The van der Waals surface area contributed by atoms with E-state index in [-0.39, 0.29) is 18.9 Å². The lowest BCUT2D eigenvalue weighted by Gasteiger charge is -2.30. The molecule has 0 unspecified atom stereocenters. The van der Waals surface area contributed by atoms with E-state index in [1.165, 1.54) is 5.56 Å². The van der Waals surface area contributed by atoms with Crippen LogP contribution in [-0.2, 0) is 6.42 Å². The number of halogens is 3. The van der Waals surface area contributed by atoms with Gasteiger partial charge in [-0.3, -0.25) is 0 Å². The van der Waals surface area contributed by atoms with Crippen LogP contribution in [0, 0.1) is 5.92 Å². The summed E-state index contributed by atoms with van der Waals surface area (Å²) in [4.78, 5) is 0. The normalized spacial score (nSPS) is 25.9. The summed E-state index contributed by atoms with van der Waals surface area (Å²) in [5.41, 5.74) is 2.37. The Morgan fingerprint density at radius 3 is 2.55 bits per heavy atom. The number of anilines is 1. The zero-order valence-electron chi connectivity index (χ0n) is 11.2. The lowest BCUT2D eigenvalue weighted by Crippen LogP contribution is -2.31. The van der Waals surface area contributed by atoms with E-state index < -0.39 is 12.1 Å². The van der Waals surface area contributed by atoms with Gasteiger partial charge in [-0.15, -0.1) is 0 Å². The molecule has 0 bridgehead atoms. The molecule has 0 atom stereocenters. The highest BCUT2D eigenvalue weighted by Gasteiger charge is 2.41. The molecule has 5 heteroatoms. The van der Waals surface area contributed by atoms with Crippen molar-refractivity contribution >= 4 is 5.69 Å². The second-order valence-electron chi connectivity index (χ2n) is 5.63. The van der Waals surface area contributed by atoms with Gasteiger partial charge in [0.05, 0.1) is 12.0 Å². The van der Waals surface area contributed by atoms with Crippen LogP contribution >= 0.6 is 0 Å². The maximum absolute atomic E-state index is 12.6. The van der Waals surface area contributed by atoms with Crippen molar-refractivity contribution < 1.29 is 17.9 Å². The average molecular weight is 285 g/mol. The first-order chi connectivity index (χ1) is 9.52. The Labute approximate surface area is 116 Å². The van der Waals surface area contributed by atoms with E-state index in [9.17, 15) is 13.2 Å². The van der Waals surface area contributed by atoms with Crippen LogP contribution in [0.5, 0.6) is 5.75 Å². The standard InChI is InChI=1S/C15H18F3NO/c16-15(17,18)11-1-3-12(4-2-11)20-13-5-6-14-10(9-13)7-8-19-14/h5-6,9,11-12,19H,1-4,7-8H2. The van der Waals surface area contributed by atoms with E-state index in [2.05, 4.69) is 5.32 Å². The van der Waals surface area contributed by atoms with Crippen molar-refractivity contribution in [2.75, 3.05) is 11.9 Å². The van der Waals surface area contributed by atoms with E-state index in [1.807, 2.05) is 18.2 Å². The van der Waals surface area contributed by atoms with Crippen molar-refractivity contribution in [1.29, 1.82) is 0 Å². The molecule has 3 rings (SSSR count). The third kappa shape index (κ3) is 2.86. The molecule has 20 heavy (non-hydrogen) atoms. The van der Waals surface area contributed by atoms with E-state index in [0.717, 1.165) is 24.4 Å². The third-order valence-corrected chi connectivity index (χ3v) is 4.23. The smallest absolute Gasteiger partial charge is 0.391 e. The van der Waals surface area contributed by atoms with Gasteiger partial charge in [-0.25, -0.2) is 0 Å². The van der Waals surface area contributed by atoms with Gasteiger partial charge in [0.2, 0.25) is 0 Å². The van der Waals surface area contributed by atoms with Crippen molar-refractivity contribution in [3.05, 3.63) is 23.8 Å². The molecule has 1 fully saturated rings. The van der Waals surface area contributed by atoms with Crippen molar-refractivity contribution in [3.8, 4) is 5.75 Å². The highest BCUT2D eigenvalue weighted by Crippen LogP contribution is 2.38. The number of benzene rings is 1. The van der Waals surface area contributed by atoms with Gasteiger partial charge in [0, 0.05) is 12.2 Å². The minimum absolute atomic E-state index is 0.0824. The van der Waals surface area contributed by atoms with Gasteiger partial charge >= 0.3 is 6.18 Å². The zero-order valence-corrected chi connectivity index (χ0v) is 11.2. The molecule has 1 heterocycles. The Hall–Kier alpha value is -1.39. The summed E-state index contributed by atoms with van der Waals surface area (Å²) in [7, 11) is 0. The van der Waals surface area contributed by atoms with Crippen LogP contribution in [0.3, 0.4) is 0 Å². The summed E-state index contributed by atoms with van der Waals surface area (Å²) in [6.07, 6.45) is -1.82. The highest BCUT2D eigenvalue weighted by molar-refractivity contribution is 5.57. The molecule has 0 saturated heterocycles. The predicted octanol–water partition coefficient (Wildman–Crippen LogP) is 4.15. The lowest BCUT2D eigenvalue weighted by molar-refractivity contribution is -0.185. The minimum atomic E-state index is -4.05. The molecular weight excluding hydrogens is 267 g/mol. The van der Waals surface area contributed by atoms with Gasteiger partial charge in [0.1, 0.15) is 5.75 Å². The molecule has 0 radical (unpaired) electrons. The Balaban J connectivity index is 1.57. The van der Waals surface area contributed by atoms with Crippen molar-refractivity contribution in [1.82, 2.24) is 0 Å². The fourth-order valence-electron chi connectivity index (χ4n) is 3.05. The first kappa shape index (κ1) is 13.6. The van der Waals surface area contributed by atoms with Crippen LogP contribution in [0.25, 0.3) is 0 Å². The van der Waals surface area contributed by atoms with E-state index >= 15 is 0 Å². The van der Waals surface area contributed by atoms with Crippen LogP contribution in [-0.4, -0.2) is 18.8 Å². The summed E-state index contributed by atoms with van der Waals surface area (Å²) in [5, 5.41) is 3.27. The number of nitrogens with one attached hydrogen (secondary N) is 1. The van der Waals surface area contributed by atoms with Gasteiger partial charge < -0.3 is 10.1 Å². The molecule has 0 aromatic heterocycles. The molecule has 1 aromatic rings. The fourth-order valence-corrected chi connectivity index (χ4v) is 3.05. The Kier molecular flexibility index (Phi) is 3.52. The number of fused-ring (bicyclic) bond motifs is 1. The maximum Gasteiger partial charge on any atom is 0.391 e. The SMILES string of the molecule is FC(F)(F)C1CCC(Oc2ccc3c(c2)CCN3)CC1. The summed E-state index contributed by atoms with van der Waals surface area (Å²) in [6.45, 7) is 0.940. The van der Waals surface area contributed by atoms with Crippen LogP contribution in [0.15, 0.2) is 18.2 Å². The van der Waals surface area contributed by atoms with Gasteiger partial charge in [0.15, 0.2) is 0 Å². The minimum Gasteiger partial charge on any atom is -0.490 e. The number of alkyl halides is 3. The fraction of sp³-hybridized carbons (Fsp3) is 0.600. The number of ether oxygens (including phenoxy) is 1. The molecule has 0 amide bonds. The summed E-state index contributed by atoms with van der Waals surface area (Å²) < 4.78 is 43.6. The van der Waals surface area contributed by atoms with Crippen LogP contribution < -0.4 is 10.1 Å². The largest absolute Gasteiger partial charge is 0.490 e. The summed E-state index contributed by atoms with van der Waals surface area (Å²) in [6, 6.07) is 5.89. The first-order valence-corrected chi connectivity index (χ1v) is 7.12. The van der Waals surface area contributed by atoms with Crippen molar-refractivity contribution in [3.63, 3.8) is 0 Å². The number of hydrogen-bond donors (Lipinski definition) is 1. The Morgan fingerprint density at radius 2 is 1.85 bits per heavy atom. The molecule has 1 aliphatic carbocycles. The molecule has 1 aliphatic heterocycles. The first-order valence-electron chi connectivity index (χ1n) is 7.12. The molecule has 2 nitrogen and oxygen atoms in total. The van der Waals surface area contributed by atoms with Crippen molar-refractivity contribution in [2.45, 2.75) is 44.4 Å². The Bertz CT molecular complexity index is 478. The van der Waals surface area contributed by atoms with Crippen LogP contribution in [0.1, 0.15) is 31.2 Å². The van der Waals surface area contributed by atoms with Gasteiger partial charge in [-0.2, -0.15) is 13.2 Å². The molecular formula is C15H18F3NO. The average Bonchev–Trinajstić information content (AvgIpc) is 2.86.